The Morgan fingerprint density at radius 1 is 1.27 bits per heavy atom. The number of rotatable bonds is 3. The molecule has 1 aliphatic rings. The van der Waals surface area contributed by atoms with E-state index in [9.17, 15) is 9.90 Å². The molecule has 1 amide bonds. The maximum Gasteiger partial charge on any atom is 0.255 e. The molecule has 1 atom stereocenters. The summed E-state index contributed by atoms with van der Waals surface area (Å²) in [5, 5.41) is 9.88. The topological polar surface area (TPSA) is 49.8 Å². The highest BCUT2D eigenvalue weighted by Gasteiger charge is 2.31. The van der Waals surface area contributed by atoms with Crippen molar-refractivity contribution in [2.75, 3.05) is 19.4 Å². The average Bonchev–Trinajstić information content (AvgIpc) is 3.04. The van der Waals surface area contributed by atoms with Crippen molar-refractivity contribution in [2.24, 2.45) is 0 Å². The van der Waals surface area contributed by atoms with E-state index < -0.39 is 0 Å². The van der Waals surface area contributed by atoms with Crippen LogP contribution in [0.2, 0.25) is 0 Å². The zero-order valence-electron chi connectivity index (χ0n) is 12.2. The van der Waals surface area contributed by atoms with E-state index in [1.807, 2.05) is 41.3 Å². The van der Waals surface area contributed by atoms with Gasteiger partial charge in [-0.15, -0.1) is 11.8 Å². The molecule has 22 heavy (non-hydrogen) atoms. The number of aromatic hydroxyl groups is 1. The number of hydrogen-bond acceptors (Lipinski definition) is 4. The molecule has 1 unspecified atom stereocenters. The molecule has 0 aliphatic carbocycles. The van der Waals surface area contributed by atoms with Crippen molar-refractivity contribution in [1.29, 1.82) is 0 Å². The fourth-order valence-electron chi connectivity index (χ4n) is 2.56. The number of nitrogens with zero attached hydrogens (tertiary/aromatic N) is 1. The number of hydrogen-bond donors (Lipinski definition) is 1. The summed E-state index contributed by atoms with van der Waals surface area (Å²) < 4.78 is 5.07. The van der Waals surface area contributed by atoms with Crippen molar-refractivity contribution in [3.63, 3.8) is 0 Å². The third kappa shape index (κ3) is 2.76. The predicted octanol–water partition coefficient (Wildman–Crippen LogP) is 3.29. The SMILES string of the molecule is COc1ccc(C2SCCN2C(=O)c2ccccc2)cc1O. The van der Waals surface area contributed by atoms with Crippen molar-refractivity contribution in [3.8, 4) is 11.5 Å². The lowest BCUT2D eigenvalue weighted by Gasteiger charge is -2.24. The Kier molecular flexibility index (Phi) is 4.24. The molecular formula is C17H17NO3S. The Morgan fingerprint density at radius 2 is 2.05 bits per heavy atom. The molecule has 2 aromatic carbocycles. The molecule has 0 spiro atoms. The van der Waals surface area contributed by atoms with Gasteiger partial charge in [-0.05, 0) is 29.8 Å². The maximum absolute atomic E-state index is 12.7. The molecule has 0 saturated carbocycles. The third-order valence-electron chi connectivity index (χ3n) is 3.66. The largest absolute Gasteiger partial charge is 0.504 e. The Hall–Kier alpha value is -2.14. The summed E-state index contributed by atoms with van der Waals surface area (Å²) in [6.07, 6.45) is 0. The zero-order chi connectivity index (χ0) is 15.5. The minimum Gasteiger partial charge on any atom is -0.504 e. The van der Waals surface area contributed by atoms with Gasteiger partial charge in [-0.3, -0.25) is 4.79 Å². The lowest BCUT2D eigenvalue weighted by molar-refractivity contribution is 0.0760. The van der Waals surface area contributed by atoms with Crippen molar-refractivity contribution in [2.45, 2.75) is 5.37 Å². The van der Waals surface area contributed by atoms with Crippen LogP contribution in [0.4, 0.5) is 0 Å². The van der Waals surface area contributed by atoms with Crippen LogP contribution in [0.3, 0.4) is 0 Å². The van der Waals surface area contributed by atoms with Gasteiger partial charge in [0, 0.05) is 17.9 Å². The molecule has 0 radical (unpaired) electrons. The molecule has 0 aromatic heterocycles. The van der Waals surface area contributed by atoms with Gasteiger partial charge in [0.05, 0.1) is 7.11 Å². The predicted molar refractivity (Wildman–Crippen MR) is 87.3 cm³/mol. The highest BCUT2D eigenvalue weighted by atomic mass is 32.2. The van der Waals surface area contributed by atoms with E-state index in [1.165, 1.54) is 7.11 Å². The first kappa shape index (κ1) is 14.8. The second kappa shape index (κ2) is 6.32. The molecular weight excluding hydrogens is 298 g/mol. The lowest BCUT2D eigenvalue weighted by Crippen LogP contribution is -2.30. The van der Waals surface area contributed by atoms with Crippen LogP contribution in [0.25, 0.3) is 0 Å². The maximum atomic E-state index is 12.7. The van der Waals surface area contributed by atoms with Gasteiger partial charge >= 0.3 is 0 Å². The summed E-state index contributed by atoms with van der Waals surface area (Å²) in [5.74, 6) is 1.44. The number of phenolic OH excluding ortho intramolecular Hbond substituents is 1. The highest BCUT2D eigenvalue weighted by Crippen LogP contribution is 2.41. The number of carbonyl (C=O) groups excluding carboxylic acids is 1. The highest BCUT2D eigenvalue weighted by molar-refractivity contribution is 7.99. The van der Waals surface area contributed by atoms with E-state index in [0.29, 0.717) is 17.9 Å². The lowest BCUT2D eigenvalue weighted by atomic mass is 10.1. The summed E-state index contributed by atoms with van der Waals surface area (Å²) in [6, 6.07) is 14.6. The van der Waals surface area contributed by atoms with Crippen molar-refractivity contribution in [3.05, 3.63) is 59.7 Å². The van der Waals surface area contributed by atoms with Crippen LogP contribution in [0.1, 0.15) is 21.3 Å². The van der Waals surface area contributed by atoms with Gasteiger partial charge in [0.15, 0.2) is 11.5 Å². The number of ether oxygens (including phenoxy) is 1. The fourth-order valence-corrected chi connectivity index (χ4v) is 3.81. The second-order valence-electron chi connectivity index (χ2n) is 5.02. The van der Waals surface area contributed by atoms with E-state index in [-0.39, 0.29) is 17.0 Å². The third-order valence-corrected chi connectivity index (χ3v) is 4.92. The van der Waals surface area contributed by atoms with Gasteiger partial charge in [-0.25, -0.2) is 0 Å². The number of methoxy groups -OCH3 is 1. The molecule has 2 aromatic rings. The monoisotopic (exact) mass is 315 g/mol. The molecule has 1 N–H and O–H groups in total. The van der Waals surface area contributed by atoms with Crippen LogP contribution >= 0.6 is 11.8 Å². The summed E-state index contributed by atoms with van der Waals surface area (Å²) >= 11 is 1.70. The van der Waals surface area contributed by atoms with Crippen LogP contribution in [-0.2, 0) is 0 Å². The molecule has 3 rings (SSSR count). The van der Waals surface area contributed by atoms with Crippen molar-refractivity contribution < 1.29 is 14.6 Å². The minimum absolute atomic E-state index is 0.0194. The van der Waals surface area contributed by atoms with Gasteiger partial charge in [0.25, 0.3) is 5.91 Å². The fraction of sp³-hybridized carbons (Fsp3) is 0.235. The van der Waals surface area contributed by atoms with E-state index in [2.05, 4.69) is 0 Å². The van der Waals surface area contributed by atoms with Crippen LogP contribution in [-0.4, -0.2) is 35.3 Å². The zero-order valence-corrected chi connectivity index (χ0v) is 13.0. The van der Waals surface area contributed by atoms with Crippen LogP contribution < -0.4 is 4.74 Å². The molecule has 1 saturated heterocycles. The molecule has 4 nitrogen and oxygen atoms in total. The number of benzene rings is 2. The van der Waals surface area contributed by atoms with Crippen molar-refractivity contribution >= 4 is 17.7 Å². The number of phenols is 1. The van der Waals surface area contributed by atoms with Gasteiger partial charge in [-0.1, -0.05) is 24.3 Å². The Bertz CT molecular complexity index is 675. The molecule has 5 heteroatoms. The molecule has 114 valence electrons. The van der Waals surface area contributed by atoms with E-state index in [0.717, 1.165) is 11.3 Å². The standard InChI is InChI=1S/C17H17NO3S/c1-21-15-8-7-13(11-14(15)19)17-18(9-10-22-17)16(20)12-5-3-2-4-6-12/h2-8,11,17,19H,9-10H2,1H3. The van der Waals surface area contributed by atoms with E-state index in [4.69, 9.17) is 4.74 Å². The first-order chi connectivity index (χ1) is 10.7. The molecule has 1 aliphatic heterocycles. The summed E-state index contributed by atoms with van der Waals surface area (Å²) in [4.78, 5) is 14.5. The van der Waals surface area contributed by atoms with Crippen LogP contribution in [0, 0.1) is 0 Å². The minimum atomic E-state index is -0.0792. The smallest absolute Gasteiger partial charge is 0.255 e. The van der Waals surface area contributed by atoms with Gasteiger partial charge in [-0.2, -0.15) is 0 Å². The van der Waals surface area contributed by atoms with E-state index in [1.54, 1.807) is 23.9 Å². The van der Waals surface area contributed by atoms with E-state index >= 15 is 0 Å². The molecule has 1 heterocycles. The summed E-state index contributed by atoms with van der Waals surface area (Å²) in [5.41, 5.74) is 1.60. The normalized spacial score (nSPS) is 17.5. The number of carbonyl (C=O) groups is 1. The number of amides is 1. The van der Waals surface area contributed by atoms with Crippen LogP contribution in [0.15, 0.2) is 48.5 Å². The Morgan fingerprint density at radius 3 is 2.73 bits per heavy atom. The van der Waals surface area contributed by atoms with Gasteiger partial charge < -0.3 is 14.7 Å². The van der Waals surface area contributed by atoms with Gasteiger partial charge in [0.2, 0.25) is 0 Å². The van der Waals surface area contributed by atoms with Crippen LogP contribution in [0.5, 0.6) is 11.5 Å². The quantitative estimate of drug-likeness (QED) is 0.944. The molecule has 0 bridgehead atoms. The Balaban J connectivity index is 1.87. The Labute approximate surface area is 133 Å². The first-order valence-electron chi connectivity index (χ1n) is 7.05. The number of thioether (sulfide) groups is 1. The second-order valence-corrected chi connectivity index (χ2v) is 6.21. The van der Waals surface area contributed by atoms with Crippen molar-refractivity contribution in [1.82, 2.24) is 4.90 Å². The van der Waals surface area contributed by atoms with Gasteiger partial charge in [0.1, 0.15) is 5.37 Å². The average molecular weight is 315 g/mol. The summed E-state index contributed by atoms with van der Waals surface area (Å²) in [6.45, 7) is 0.704. The summed E-state index contributed by atoms with van der Waals surface area (Å²) in [7, 11) is 1.52. The first-order valence-corrected chi connectivity index (χ1v) is 8.10. The molecule has 1 fully saturated rings.